The Morgan fingerprint density at radius 1 is 1.12 bits per heavy atom. The second-order valence-corrected chi connectivity index (χ2v) is 5.43. The summed E-state index contributed by atoms with van der Waals surface area (Å²) >= 11 is 0. The Morgan fingerprint density at radius 3 is 2.88 bits per heavy atom. The first-order chi connectivity index (χ1) is 7.84. The molecular weight excluding hydrogens is 198 g/mol. The van der Waals surface area contributed by atoms with Gasteiger partial charge in [0.05, 0.1) is 0 Å². The molecule has 3 nitrogen and oxygen atoms in total. The summed E-state index contributed by atoms with van der Waals surface area (Å²) in [6.45, 7) is 7.67. The molecule has 94 valence electrons. The van der Waals surface area contributed by atoms with E-state index >= 15 is 0 Å². The highest BCUT2D eigenvalue weighted by Gasteiger charge is 2.15. The molecule has 2 fully saturated rings. The number of likely N-dealkylation sites (N-methyl/N-ethyl adjacent to an activating group) is 1. The Bertz CT molecular complexity index is 190. The van der Waals surface area contributed by atoms with Crippen molar-refractivity contribution in [3.63, 3.8) is 0 Å². The van der Waals surface area contributed by atoms with E-state index < -0.39 is 0 Å². The zero-order valence-electron chi connectivity index (χ0n) is 10.7. The number of nitrogens with one attached hydrogen (secondary N) is 1. The van der Waals surface area contributed by atoms with Gasteiger partial charge in [-0.1, -0.05) is 0 Å². The molecule has 1 N–H and O–H groups in total. The highest BCUT2D eigenvalue weighted by Crippen LogP contribution is 2.11. The zero-order valence-corrected chi connectivity index (χ0v) is 10.7. The van der Waals surface area contributed by atoms with Crippen LogP contribution >= 0.6 is 0 Å². The quantitative estimate of drug-likeness (QED) is 0.774. The molecule has 2 rings (SSSR count). The standard InChI is InChI=1S/C13H27N3/c1-15-8-4-10-16(12-11-15)9-3-6-13-5-2-7-14-13/h13-14H,2-12H2,1H3. The van der Waals surface area contributed by atoms with E-state index in [1.165, 1.54) is 71.4 Å². The van der Waals surface area contributed by atoms with E-state index in [0.717, 1.165) is 6.04 Å². The summed E-state index contributed by atoms with van der Waals surface area (Å²) in [6, 6.07) is 0.828. The van der Waals surface area contributed by atoms with Gasteiger partial charge in [0, 0.05) is 19.1 Å². The molecule has 0 aliphatic carbocycles. The van der Waals surface area contributed by atoms with Crippen LogP contribution in [0.2, 0.25) is 0 Å². The van der Waals surface area contributed by atoms with Gasteiger partial charge in [0.15, 0.2) is 0 Å². The van der Waals surface area contributed by atoms with Gasteiger partial charge in [-0.15, -0.1) is 0 Å². The first kappa shape index (κ1) is 12.3. The second kappa shape index (κ2) is 6.58. The summed E-state index contributed by atoms with van der Waals surface area (Å²) in [4.78, 5) is 5.11. The summed E-state index contributed by atoms with van der Waals surface area (Å²) in [5.74, 6) is 0. The van der Waals surface area contributed by atoms with Crippen LogP contribution in [0.3, 0.4) is 0 Å². The van der Waals surface area contributed by atoms with Gasteiger partial charge in [-0.25, -0.2) is 0 Å². The molecule has 1 unspecified atom stereocenters. The summed E-state index contributed by atoms with van der Waals surface area (Å²) in [6.07, 6.45) is 6.90. The van der Waals surface area contributed by atoms with E-state index in [-0.39, 0.29) is 0 Å². The van der Waals surface area contributed by atoms with Gasteiger partial charge in [0.25, 0.3) is 0 Å². The summed E-state index contributed by atoms with van der Waals surface area (Å²) in [5.41, 5.74) is 0. The molecule has 2 heterocycles. The van der Waals surface area contributed by atoms with E-state index in [1.807, 2.05) is 0 Å². The predicted molar refractivity (Wildman–Crippen MR) is 68.8 cm³/mol. The fourth-order valence-corrected chi connectivity index (χ4v) is 2.89. The van der Waals surface area contributed by atoms with Gasteiger partial charge in [0.2, 0.25) is 0 Å². The van der Waals surface area contributed by atoms with Gasteiger partial charge in [-0.2, -0.15) is 0 Å². The largest absolute Gasteiger partial charge is 0.314 e. The number of rotatable bonds is 4. The molecule has 0 aromatic heterocycles. The molecule has 0 spiro atoms. The van der Waals surface area contributed by atoms with Crippen LogP contribution in [0.15, 0.2) is 0 Å². The third kappa shape index (κ3) is 4.04. The second-order valence-electron chi connectivity index (χ2n) is 5.43. The van der Waals surface area contributed by atoms with Crippen molar-refractivity contribution in [2.24, 2.45) is 0 Å². The normalized spacial score (nSPS) is 29.4. The fraction of sp³-hybridized carbons (Fsp3) is 1.00. The van der Waals surface area contributed by atoms with Crippen LogP contribution in [0.4, 0.5) is 0 Å². The SMILES string of the molecule is CN1CCCN(CCCC2CCCN2)CC1. The Morgan fingerprint density at radius 2 is 2.06 bits per heavy atom. The number of nitrogens with zero attached hydrogens (tertiary/aromatic N) is 2. The monoisotopic (exact) mass is 225 g/mol. The third-order valence-electron chi connectivity index (χ3n) is 4.00. The third-order valence-corrected chi connectivity index (χ3v) is 4.00. The predicted octanol–water partition coefficient (Wildman–Crippen LogP) is 1.16. The maximum Gasteiger partial charge on any atom is 0.0109 e. The van der Waals surface area contributed by atoms with Gasteiger partial charge >= 0.3 is 0 Å². The first-order valence-electron chi connectivity index (χ1n) is 6.99. The summed E-state index contributed by atoms with van der Waals surface area (Å²) in [5, 5.41) is 3.59. The molecule has 16 heavy (non-hydrogen) atoms. The topological polar surface area (TPSA) is 18.5 Å². The van der Waals surface area contributed by atoms with Crippen LogP contribution in [0.5, 0.6) is 0 Å². The van der Waals surface area contributed by atoms with Crippen molar-refractivity contribution in [3.05, 3.63) is 0 Å². The van der Waals surface area contributed by atoms with Crippen molar-refractivity contribution >= 4 is 0 Å². The zero-order chi connectivity index (χ0) is 11.2. The van der Waals surface area contributed by atoms with Gasteiger partial charge < -0.3 is 15.1 Å². The molecule has 3 heteroatoms. The molecule has 0 aromatic rings. The van der Waals surface area contributed by atoms with Crippen LogP contribution < -0.4 is 5.32 Å². The van der Waals surface area contributed by atoms with E-state index in [1.54, 1.807) is 0 Å². The van der Waals surface area contributed by atoms with E-state index in [2.05, 4.69) is 22.2 Å². The number of hydrogen-bond donors (Lipinski definition) is 1. The van der Waals surface area contributed by atoms with Crippen LogP contribution in [0.25, 0.3) is 0 Å². The molecule has 2 saturated heterocycles. The van der Waals surface area contributed by atoms with Crippen molar-refractivity contribution in [3.8, 4) is 0 Å². The molecular formula is C13H27N3. The smallest absolute Gasteiger partial charge is 0.0109 e. The van der Waals surface area contributed by atoms with E-state index in [9.17, 15) is 0 Å². The van der Waals surface area contributed by atoms with Crippen molar-refractivity contribution < 1.29 is 0 Å². The van der Waals surface area contributed by atoms with Crippen molar-refractivity contribution in [1.82, 2.24) is 15.1 Å². The maximum absolute atomic E-state index is 3.59. The highest BCUT2D eigenvalue weighted by atomic mass is 15.2. The maximum atomic E-state index is 3.59. The summed E-state index contributed by atoms with van der Waals surface area (Å²) in [7, 11) is 2.24. The molecule has 0 aromatic carbocycles. The van der Waals surface area contributed by atoms with Crippen molar-refractivity contribution in [1.29, 1.82) is 0 Å². The molecule has 0 bridgehead atoms. The minimum absolute atomic E-state index is 0.828. The highest BCUT2D eigenvalue weighted by molar-refractivity contribution is 4.75. The van der Waals surface area contributed by atoms with Gasteiger partial charge in [-0.05, 0) is 65.3 Å². The average molecular weight is 225 g/mol. The molecule has 0 saturated carbocycles. The van der Waals surface area contributed by atoms with E-state index in [4.69, 9.17) is 0 Å². The van der Waals surface area contributed by atoms with Gasteiger partial charge in [0.1, 0.15) is 0 Å². The van der Waals surface area contributed by atoms with Crippen LogP contribution in [0.1, 0.15) is 32.1 Å². The Kier molecular flexibility index (Phi) is 5.07. The molecule has 1 atom stereocenters. The van der Waals surface area contributed by atoms with Crippen molar-refractivity contribution in [2.75, 3.05) is 46.3 Å². The lowest BCUT2D eigenvalue weighted by molar-refractivity contribution is 0.267. The lowest BCUT2D eigenvalue weighted by atomic mass is 10.1. The Hall–Kier alpha value is -0.120. The van der Waals surface area contributed by atoms with Crippen LogP contribution in [-0.4, -0.2) is 62.2 Å². The van der Waals surface area contributed by atoms with Crippen LogP contribution in [0, 0.1) is 0 Å². The molecule has 0 radical (unpaired) electrons. The van der Waals surface area contributed by atoms with Crippen LogP contribution in [-0.2, 0) is 0 Å². The fourth-order valence-electron chi connectivity index (χ4n) is 2.89. The summed E-state index contributed by atoms with van der Waals surface area (Å²) < 4.78 is 0. The lowest BCUT2D eigenvalue weighted by Crippen LogP contribution is -2.31. The first-order valence-corrected chi connectivity index (χ1v) is 6.99. The Balaban J connectivity index is 1.57. The average Bonchev–Trinajstić information content (AvgIpc) is 2.70. The minimum atomic E-state index is 0.828. The lowest BCUT2D eigenvalue weighted by Gasteiger charge is -2.20. The molecule has 2 aliphatic heterocycles. The van der Waals surface area contributed by atoms with Crippen molar-refractivity contribution in [2.45, 2.75) is 38.1 Å². The molecule has 2 aliphatic rings. The minimum Gasteiger partial charge on any atom is -0.314 e. The van der Waals surface area contributed by atoms with Gasteiger partial charge in [-0.3, -0.25) is 0 Å². The molecule has 0 amide bonds. The Labute approximate surface area is 100 Å². The van der Waals surface area contributed by atoms with E-state index in [0.29, 0.717) is 0 Å². The number of hydrogen-bond acceptors (Lipinski definition) is 3.